The van der Waals surface area contributed by atoms with Crippen molar-refractivity contribution in [2.75, 3.05) is 6.54 Å². The molecule has 2 amide bonds. The Morgan fingerprint density at radius 3 is 2.38 bits per heavy atom. The van der Waals surface area contributed by atoms with E-state index in [0.717, 1.165) is 24.2 Å². The zero-order chi connectivity index (χ0) is 9.84. The number of carbonyl (C=O) groups excluding carboxylic acids is 3. The maximum atomic E-state index is 11.0. The smallest absolute Gasteiger partial charge is 0.275 e. The highest BCUT2D eigenvalue weighted by Crippen LogP contribution is 2.20. The predicted molar refractivity (Wildman–Crippen MR) is 48.9 cm³/mol. The summed E-state index contributed by atoms with van der Waals surface area (Å²) in [4.78, 5) is 33.8. The Morgan fingerprint density at radius 1 is 1.23 bits per heavy atom. The molecule has 71 valence electrons. The van der Waals surface area contributed by atoms with Crippen LogP contribution in [0.5, 0.6) is 0 Å². The SMILES string of the molecule is [CH2]CCCCN1C(=O)SC(=O)C1=O. The number of carbonyl (C=O) groups is 3. The van der Waals surface area contributed by atoms with Gasteiger partial charge in [0, 0.05) is 18.3 Å². The normalized spacial score (nSPS) is 17.3. The van der Waals surface area contributed by atoms with Crippen molar-refractivity contribution in [1.82, 2.24) is 4.90 Å². The molecule has 1 radical (unpaired) electrons. The molecule has 0 bridgehead atoms. The van der Waals surface area contributed by atoms with Crippen molar-refractivity contribution >= 4 is 28.0 Å². The van der Waals surface area contributed by atoms with Crippen LogP contribution in [-0.2, 0) is 9.59 Å². The van der Waals surface area contributed by atoms with E-state index in [1.54, 1.807) is 0 Å². The second-order valence-corrected chi connectivity index (χ2v) is 3.60. The molecule has 0 unspecified atom stereocenters. The van der Waals surface area contributed by atoms with Crippen LogP contribution < -0.4 is 0 Å². The summed E-state index contributed by atoms with van der Waals surface area (Å²) in [5.41, 5.74) is 0. The molecule has 13 heavy (non-hydrogen) atoms. The number of amides is 2. The largest absolute Gasteiger partial charge is 0.309 e. The number of nitrogens with zero attached hydrogens (tertiary/aromatic N) is 1. The summed E-state index contributed by atoms with van der Waals surface area (Å²) < 4.78 is 0. The van der Waals surface area contributed by atoms with E-state index in [1.807, 2.05) is 0 Å². The van der Waals surface area contributed by atoms with Crippen LogP contribution >= 0.6 is 11.8 Å². The molecule has 0 aromatic heterocycles. The fourth-order valence-corrected chi connectivity index (χ4v) is 1.65. The number of rotatable bonds is 4. The van der Waals surface area contributed by atoms with E-state index in [2.05, 4.69) is 6.92 Å². The van der Waals surface area contributed by atoms with Gasteiger partial charge >= 0.3 is 5.91 Å². The standard InChI is InChI=1S/C8H10NO3S/c1-2-3-4-5-9-6(10)7(11)13-8(9)12/h1-5H2. The third-order valence-corrected chi connectivity index (χ3v) is 2.46. The van der Waals surface area contributed by atoms with E-state index < -0.39 is 16.3 Å². The van der Waals surface area contributed by atoms with Gasteiger partial charge in [-0.3, -0.25) is 19.3 Å². The number of imide groups is 1. The molecule has 0 saturated carbocycles. The molecule has 0 aliphatic carbocycles. The first-order chi connectivity index (χ1) is 6.16. The second-order valence-electron chi connectivity index (χ2n) is 2.67. The van der Waals surface area contributed by atoms with Gasteiger partial charge in [0.25, 0.3) is 10.4 Å². The van der Waals surface area contributed by atoms with E-state index in [4.69, 9.17) is 0 Å². The quantitative estimate of drug-likeness (QED) is 0.505. The third-order valence-electron chi connectivity index (χ3n) is 1.70. The van der Waals surface area contributed by atoms with Gasteiger partial charge in [-0.1, -0.05) is 19.8 Å². The molecule has 0 spiro atoms. The summed E-state index contributed by atoms with van der Waals surface area (Å²) in [6.07, 6.45) is 2.35. The van der Waals surface area contributed by atoms with Crippen molar-refractivity contribution in [2.24, 2.45) is 0 Å². The van der Waals surface area contributed by atoms with Crippen LogP contribution in [0.3, 0.4) is 0 Å². The number of hydrogen-bond acceptors (Lipinski definition) is 4. The van der Waals surface area contributed by atoms with Crippen molar-refractivity contribution in [2.45, 2.75) is 19.3 Å². The minimum Gasteiger partial charge on any atom is -0.275 e. The van der Waals surface area contributed by atoms with E-state index in [9.17, 15) is 14.4 Å². The fourth-order valence-electron chi connectivity index (χ4n) is 1.01. The van der Waals surface area contributed by atoms with Crippen molar-refractivity contribution < 1.29 is 14.4 Å². The van der Waals surface area contributed by atoms with Gasteiger partial charge in [0.1, 0.15) is 0 Å². The van der Waals surface area contributed by atoms with Crippen LogP contribution in [0.1, 0.15) is 19.3 Å². The third kappa shape index (κ3) is 2.30. The van der Waals surface area contributed by atoms with Crippen molar-refractivity contribution in [3.8, 4) is 0 Å². The highest BCUT2D eigenvalue weighted by Gasteiger charge is 2.37. The lowest BCUT2D eigenvalue weighted by atomic mass is 10.2. The van der Waals surface area contributed by atoms with E-state index >= 15 is 0 Å². The summed E-state index contributed by atoms with van der Waals surface area (Å²) in [6, 6.07) is 0. The van der Waals surface area contributed by atoms with Gasteiger partial charge in [-0.25, -0.2) is 0 Å². The van der Waals surface area contributed by atoms with Gasteiger partial charge in [0.2, 0.25) is 0 Å². The monoisotopic (exact) mass is 200 g/mol. The molecule has 1 aliphatic heterocycles. The Hall–Kier alpha value is -0.840. The van der Waals surface area contributed by atoms with E-state index in [-0.39, 0.29) is 0 Å². The van der Waals surface area contributed by atoms with Crippen molar-refractivity contribution in [3.05, 3.63) is 6.92 Å². The molecule has 1 rings (SSSR count). The first-order valence-electron chi connectivity index (χ1n) is 4.03. The summed E-state index contributed by atoms with van der Waals surface area (Å²) in [5, 5.41) is -1.11. The lowest BCUT2D eigenvalue weighted by Gasteiger charge is -2.10. The van der Waals surface area contributed by atoms with Crippen LogP contribution in [0.2, 0.25) is 0 Å². The van der Waals surface area contributed by atoms with Gasteiger partial charge in [-0.05, 0) is 6.42 Å². The summed E-state index contributed by atoms with van der Waals surface area (Å²) in [6.45, 7) is 3.98. The molecule has 0 aromatic carbocycles. The maximum absolute atomic E-state index is 11.0. The number of thioether (sulfide) groups is 1. The van der Waals surface area contributed by atoms with E-state index in [1.165, 1.54) is 0 Å². The average Bonchev–Trinajstić information content (AvgIpc) is 2.32. The summed E-state index contributed by atoms with van der Waals surface area (Å²) >= 11 is 0.478. The molecule has 1 aliphatic rings. The van der Waals surface area contributed by atoms with Crippen LogP contribution in [0.4, 0.5) is 4.79 Å². The molecule has 0 N–H and O–H groups in total. The van der Waals surface area contributed by atoms with Crippen LogP contribution in [0.25, 0.3) is 0 Å². The highest BCUT2D eigenvalue weighted by atomic mass is 32.2. The molecule has 4 nitrogen and oxygen atoms in total. The summed E-state index contributed by atoms with van der Waals surface area (Å²) in [7, 11) is 0. The van der Waals surface area contributed by atoms with Gasteiger partial charge < -0.3 is 0 Å². The number of hydrogen-bond donors (Lipinski definition) is 0. The first kappa shape index (κ1) is 10.2. The van der Waals surface area contributed by atoms with Crippen molar-refractivity contribution in [3.63, 3.8) is 0 Å². The Bertz CT molecular complexity index is 252. The Morgan fingerprint density at radius 2 is 1.92 bits per heavy atom. The van der Waals surface area contributed by atoms with Gasteiger partial charge in [-0.2, -0.15) is 0 Å². The van der Waals surface area contributed by atoms with Crippen molar-refractivity contribution in [1.29, 1.82) is 0 Å². The zero-order valence-electron chi connectivity index (χ0n) is 7.12. The molecular weight excluding hydrogens is 190 g/mol. The molecule has 0 atom stereocenters. The molecular formula is C8H10NO3S. The topological polar surface area (TPSA) is 54.5 Å². The van der Waals surface area contributed by atoms with Gasteiger partial charge in [0.05, 0.1) is 0 Å². The van der Waals surface area contributed by atoms with Gasteiger partial charge in [-0.15, -0.1) is 0 Å². The van der Waals surface area contributed by atoms with Gasteiger partial charge in [0.15, 0.2) is 0 Å². The molecule has 1 saturated heterocycles. The first-order valence-corrected chi connectivity index (χ1v) is 4.85. The minimum atomic E-state index is -0.681. The van der Waals surface area contributed by atoms with E-state index in [0.29, 0.717) is 18.3 Å². The van der Waals surface area contributed by atoms with Crippen LogP contribution in [0, 0.1) is 6.92 Å². The lowest BCUT2D eigenvalue weighted by molar-refractivity contribution is -0.137. The fraction of sp³-hybridized carbons (Fsp3) is 0.500. The summed E-state index contributed by atoms with van der Waals surface area (Å²) in [5.74, 6) is -0.681. The average molecular weight is 200 g/mol. The molecule has 0 aromatic rings. The highest BCUT2D eigenvalue weighted by molar-refractivity contribution is 8.28. The van der Waals surface area contributed by atoms with Crippen LogP contribution in [-0.4, -0.2) is 27.7 Å². The number of unbranched alkanes of at least 4 members (excludes halogenated alkanes) is 2. The second kappa shape index (κ2) is 4.41. The minimum absolute atomic E-state index is 0.339. The van der Waals surface area contributed by atoms with Crippen LogP contribution in [0.15, 0.2) is 0 Å². The Labute approximate surface area is 80.7 Å². The Balaban J connectivity index is 2.45. The molecule has 5 heteroatoms. The maximum Gasteiger partial charge on any atom is 0.309 e. The zero-order valence-corrected chi connectivity index (χ0v) is 7.93. The molecule has 1 fully saturated rings. The molecule has 1 heterocycles. The lowest BCUT2D eigenvalue weighted by Crippen LogP contribution is -2.30. The predicted octanol–water partition coefficient (Wildman–Crippen LogP) is 1.21. The Kier molecular flexibility index (Phi) is 3.48.